The van der Waals surface area contributed by atoms with Gasteiger partial charge >= 0.3 is 5.97 Å². The number of aromatic carboxylic acids is 1. The highest BCUT2D eigenvalue weighted by atomic mass is 16.5. The van der Waals surface area contributed by atoms with E-state index in [0.29, 0.717) is 5.75 Å². The Labute approximate surface area is 120 Å². The van der Waals surface area contributed by atoms with Gasteiger partial charge in [-0.3, -0.25) is 0 Å². The molecule has 0 amide bonds. The number of aryl methyl sites for hydroxylation is 1. The van der Waals surface area contributed by atoms with E-state index in [4.69, 9.17) is 9.84 Å². The normalized spacial score (nSPS) is 10.5. The summed E-state index contributed by atoms with van der Waals surface area (Å²) in [6.45, 7) is 1.90. The molecule has 2 heterocycles. The quantitative estimate of drug-likeness (QED) is 0.794. The van der Waals surface area contributed by atoms with Crippen molar-refractivity contribution >= 4 is 16.9 Å². The van der Waals surface area contributed by atoms with Crippen molar-refractivity contribution in [3.8, 4) is 11.6 Å². The van der Waals surface area contributed by atoms with Gasteiger partial charge in [-0.25, -0.2) is 19.7 Å². The minimum atomic E-state index is -1.13. The van der Waals surface area contributed by atoms with Crippen LogP contribution < -0.4 is 4.74 Å². The molecule has 0 atom stereocenters. The first-order valence-corrected chi connectivity index (χ1v) is 6.23. The van der Waals surface area contributed by atoms with Gasteiger partial charge in [-0.1, -0.05) is 18.2 Å². The van der Waals surface area contributed by atoms with Crippen LogP contribution in [0.25, 0.3) is 10.9 Å². The van der Waals surface area contributed by atoms with Crippen LogP contribution in [0, 0.1) is 6.92 Å². The van der Waals surface area contributed by atoms with Crippen LogP contribution in [-0.4, -0.2) is 26.0 Å². The van der Waals surface area contributed by atoms with Crippen molar-refractivity contribution in [2.75, 3.05) is 0 Å². The molecule has 2 aromatic heterocycles. The lowest BCUT2D eigenvalue weighted by Gasteiger charge is -2.07. The van der Waals surface area contributed by atoms with Gasteiger partial charge in [-0.05, 0) is 19.1 Å². The number of carboxylic acid groups (broad SMARTS) is 1. The summed E-state index contributed by atoms with van der Waals surface area (Å²) in [6, 6.07) is 9.46. The first-order chi connectivity index (χ1) is 10.1. The molecule has 3 aromatic rings. The Bertz CT molecular complexity index is 816. The second kappa shape index (κ2) is 5.16. The summed E-state index contributed by atoms with van der Waals surface area (Å²) in [5.74, 6) is -0.360. The number of rotatable bonds is 3. The monoisotopic (exact) mass is 281 g/mol. The topological polar surface area (TPSA) is 85.2 Å². The lowest BCUT2D eigenvalue weighted by Crippen LogP contribution is -2.01. The third-order valence-corrected chi connectivity index (χ3v) is 2.88. The van der Waals surface area contributed by atoms with Crippen molar-refractivity contribution in [3.05, 3.63) is 54.1 Å². The fourth-order valence-corrected chi connectivity index (χ4v) is 1.89. The maximum Gasteiger partial charge on any atom is 0.356 e. The molecule has 104 valence electrons. The number of ether oxygens (including phenoxy) is 1. The Morgan fingerprint density at radius 3 is 2.71 bits per heavy atom. The van der Waals surface area contributed by atoms with E-state index in [1.807, 2.05) is 31.2 Å². The highest BCUT2D eigenvalue weighted by molar-refractivity contribution is 5.85. The zero-order chi connectivity index (χ0) is 14.8. The van der Waals surface area contributed by atoms with E-state index >= 15 is 0 Å². The summed E-state index contributed by atoms with van der Waals surface area (Å²) >= 11 is 0. The molecule has 6 heteroatoms. The molecular weight excluding hydrogens is 270 g/mol. The van der Waals surface area contributed by atoms with Gasteiger partial charge in [-0.2, -0.15) is 0 Å². The zero-order valence-electron chi connectivity index (χ0n) is 11.1. The fourth-order valence-electron chi connectivity index (χ4n) is 1.89. The molecular formula is C15H11N3O3. The van der Waals surface area contributed by atoms with Crippen molar-refractivity contribution in [2.45, 2.75) is 6.92 Å². The fraction of sp³-hybridized carbons (Fsp3) is 0.0667. The summed E-state index contributed by atoms with van der Waals surface area (Å²) in [5, 5.41) is 9.74. The van der Waals surface area contributed by atoms with E-state index in [0.717, 1.165) is 22.8 Å². The molecule has 0 radical (unpaired) electrons. The smallest absolute Gasteiger partial charge is 0.356 e. The zero-order valence-corrected chi connectivity index (χ0v) is 11.1. The van der Waals surface area contributed by atoms with Gasteiger partial charge in [-0.15, -0.1) is 0 Å². The summed E-state index contributed by atoms with van der Waals surface area (Å²) in [6.07, 6.45) is 2.43. The molecule has 0 saturated carbocycles. The van der Waals surface area contributed by atoms with E-state index in [1.165, 1.54) is 6.20 Å². The van der Waals surface area contributed by atoms with Crippen LogP contribution in [0.3, 0.4) is 0 Å². The number of hydrogen-bond donors (Lipinski definition) is 1. The van der Waals surface area contributed by atoms with Crippen LogP contribution >= 0.6 is 0 Å². The largest absolute Gasteiger partial charge is 0.476 e. The Morgan fingerprint density at radius 2 is 2.00 bits per heavy atom. The summed E-state index contributed by atoms with van der Waals surface area (Å²) in [7, 11) is 0. The van der Waals surface area contributed by atoms with Crippen molar-refractivity contribution in [1.29, 1.82) is 0 Å². The number of aromatic nitrogens is 3. The van der Waals surface area contributed by atoms with E-state index in [9.17, 15) is 4.79 Å². The number of fused-ring (bicyclic) bond motifs is 1. The number of carboxylic acids is 1. The van der Waals surface area contributed by atoms with Crippen molar-refractivity contribution in [1.82, 2.24) is 15.0 Å². The first kappa shape index (κ1) is 13.0. The van der Waals surface area contributed by atoms with Gasteiger partial charge in [0.15, 0.2) is 11.4 Å². The van der Waals surface area contributed by atoms with Crippen LogP contribution in [0.5, 0.6) is 11.6 Å². The highest BCUT2D eigenvalue weighted by Crippen LogP contribution is 2.27. The average molecular weight is 281 g/mol. The third-order valence-electron chi connectivity index (χ3n) is 2.88. The van der Waals surface area contributed by atoms with Crippen molar-refractivity contribution < 1.29 is 14.6 Å². The minimum Gasteiger partial charge on any atom is -0.476 e. The van der Waals surface area contributed by atoms with Gasteiger partial charge < -0.3 is 9.84 Å². The van der Waals surface area contributed by atoms with E-state index < -0.39 is 5.97 Å². The Morgan fingerprint density at radius 1 is 1.14 bits per heavy atom. The predicted molar refractivity (Wildman–Crippen MR) is 75.5 cm³/mol. The van der Waals surface area contributed by atoms with Crippen molar-refractivity contribution in [3.63, 3.8) is 0 Å². The molecule has 0 fully saturated rings. The molecule has 0 bridgehead atoms. The van der Waals surface area contributed by atoms with E-state index in [2.05, 4.69) is 15.0 Å². The molecule has 0 aliphatic carbocycles. The maximum atomic E-state index is 10.7. The standard InChI is InChI=1S/C15H11N3O3/c1-9-5-6-10-3-2-4-12(14(10)18-9)21-13-8-16-11(7-17-13)15(19)20/h2-8H,1H3,(H,19,20). The molecule has 1 N–H and O–H groups in total. The Balaban J connectivity index is 1.97. The van der Waals surface area contributed by atoms with Gasteiger partial charge in [0.2, 0.25) is 5.88 Å². The number of pyridine rings is 1. The van der Waals surface area contributed by atoms with Crippen LogP contribution in [-0.2, 0) is 0 Å². The van der Waals surface area contributed by atoms with Crippen molar-refractivity contribution in [2.24, 2.45) is 0 Å². The van der Waals surface area contributed by atoms with E-state index in [-0.39, 0.29) is 11.6 Å². The second-order valence-corrected chi connectivity index (χ2v) is 4.43. The van der Waals surface area contributed by atoms with Crippen LogP contribution in [0.1, 0.15) is 16.2 Å². The van der Waals surface area contributed by atoms with Crippen LogP contribution in [0.15, 0.2) is 42.7 Å². The summed E-state index contributed by atoms with van der Waals surface area (Å²) < 4.78 is 5.65. The lowest BCUT2D eigenvalue weighted by atomic mass is 10.2. The number of nitrogens with zero attached hydrogens (tertiary/aromatic N) is 3. The average Bonchev–Trinajstić information content (AvgIpc) is 2.48. The van der Waals surface area contributed by atoms with Gasteiger partial charge in [0.1, 0.15) is 5.52 Å². The maximum absolute atomic E-state index is 10.7. The molecule has 0 aliphatic heterocycles. The summed E-state index contributed by atoms with van der Waals surface area (Å²) in [4.78, 5) is 22.9. The van der Waals surface area contributed by atoms with Gasteiger partial charge in [0.05, 0.1) is 12.4 Å². The number of benzene rings is 1. The molecule has 0 spiro atoms. The predicted octanol–water partition coefficient (Wildman–Crippen LogP) is 2.82. The van der Waals surface area contributed by atoms with E-state index in [1.54, 1.807) is 6.07 Å². The summed E-state index contributed by atoms with van der Waals surface area (Å²) in [5.41, 5.74) is 1.47. The molecule has 0 unspecified atom stereocenters. The SMILES string of the molecule is Cc1ccc2cccc(Oc3cnc(C(=O)O)cn3)c2n1. The molecule has 1 aromatic carbocycles. The van der Waals surface area contributed by atoms with Gasteiger partial charge in [0.25, 0.3) is 0 Å². The minimum absolute atomic E-state index is 0.130. The number of carbonyl (C=O) groups is 1. The first-order valence-electron chi connectivity index (χ1n) is 6.23. The number of para-hydroxylation sites is 1. The van der Waals surface area contributed by atoms with Crippen LogP contribution in [0.4, 0.5) is 0 Å². The molecule has 0 saturated heterocycles. The molecule has 21 heavy (non-hydrogen) atoms. The highest BCUT2D eigenvalue weighted by Gasteiger charge is 2.08. The van der Waals surface area contributed by atoms with Gasteiger partial charge in [0, 0.05) is 11.1 Å². The molecule has 3 rings (SSSR count). The third kappa shape index (κ3) is 2.64. The molecule has 0 aliphatic rings. The molecule has 6 nitrogen and oxygen atoms in total. The van der Waals surface area contributed by atoms with Crippen LogP contribution in [0.2, 0.25) is 0 Å². The Hall–Kier alpha value is -3.02. The lowest BCUT2D eigenvalue weighted by molar-refractivity contribution is 0.0690. The second-order valence-electron chi connectivity index (χ2n) is 4.43. The number of hydrogen-bond acceptors (Lipinski definition) is 5. The Kier molecular flexibility index (Phi) is 3.19.